The summed E-state index contributed by atoms with van der Waals surface area (Å²) in [6, 6.07) is 12.0. The maximum Gasteiger partial charge on any atom is 0.326 e. The molecular weight excluding hydrogens is 362 g/mol. The van der Waals surface area contributed by atoms with Crippen LogP contribution in [0.25, 0.3) is 0 Å². The molecule has 0 atom stereocenters. The topological polar surface area (TPSA) is 82.1 Å². The molecule has 0 saturated heterocycles. The van der Waals surface area contributed by atoms with Crippen LogP contribution >= 0.6 is 0 Å². The zero-order valence-corrected chi connectivity index (χ0v) is 15.8. The summed E-state index contributed by atoms with van der Waals surface area (Å²) in [5.74, 6) is 0.194. The normalized spacial score (nSPS) is 13.2. The van der Waals surface area contributed by atoms with Gasteiger partial charge in [0.1, 0.15) is 24.7 Å². The number of Topliss-reactive ketones (excluding diaryl/α,β-unsaturated/α-hetero) is 1. The van der Waals surface area contributed by atoms with E-state index in [0.717, 1.165) is 0 Å². The van der Waals surface area contributed by atoms with Crippen LogP contribution in [0.4, 0.5) is 5.69 Å². The number of methoxy groups -OCH3 is 1. The number of hydrogen-bond acceptors (Lipinski definition) is 6. The third-order valence-corrected chi connectivity index (χ3v) is 4.39. The zero-order chi connectivity index (χ0) is 20.1. The molecule has 0 radical (unpaired) electrons. The lowest BCUT2D eigenvalue weighted by molar-refractivity contribution is -0.144. The molecule has 2 aromatic carbocycles. The quantitative estimate of drug-likeness (QED) is 0.564. The van der Waals surface area contributed by atoms with Gasteiger partial charge in [-0.1, -0.05) is 12.1 Å². The van der Waals surface area contributed by atoms with E-state index >= 15 is 0 Å². The van der Waals surface area contributed by atoms with Gasteiger partial charge in [-0.05, 0) is 37.3 Å². The smallest absolute Gasteiger partial charge is 0.326 e. The average molecular weight is 383 g/mol. The van der Waals surface area contributed by atoms with Gasteiger partial charge >= 0.3 is 5.97 Å². The highest BCUT2D eigenvalue weighted by molar-refractivity contribution is 5.99. The van der Waals surface area contributed by atoms with Crippen LogP contribution in [0.1, 0.15) is 29.3 Å². The van der Waals surface area contributed by atoms with Crippen LogP contribution in [0.3, 0.4) is 0 Å². The van der Waals surface area contributed by atoms with Crippen molar-refractivity contribution in [2.75, 3.05) is 25.2 Å². The monoisotopic (exact) mass is 383 g/mol. The molecule has 1 aliphatic heterocycles. The Morgan fingerprint density at radius 3 is 2.71 bits per heavy atom. The summed E-state index contributed by atoms with van der Waals surface area (Å²) < 4.78 is 16.2. The number of nitrogens with zero attached hydrogens (tertiary/aromatic N) is 1. The molecular formula is C21H21NO6. The van der Waals surface area contributed by atoms with E-state index in [1.807, 2.05) is 0 Å². The molecule has 1 heterocycles. The first-order valence-electron chi connectivity index (χ1n) is 8.85. The Balaban J connectivity index is 1.72. The Hall–Kier alpha value is -3.35. The van der Waals surface area contributed by atoms with E-state index in [0.29, 0.717) is 28.3 Å². The van der Waals surface area contributed by atoms with Crippen LogP contribution < -0.4 is 14.4 Å². The van der Waals surface area contributed by atoms with E-state index in [1.54, 1.807) is 42.5 Å². The molecule has 0 aromatic heterocycles. The summed E-state index contributed by atoms with van der Waals surface area (Å²) in [6.45, 7) is 1.43. The van der Waals surface area contributed by atoms with E-state index in [9.17, 15) is 14.4 Å². The van der Waals surface area contributed by atoms with Crippen molar-refractivity contribution in [3.8, 4) is 11.5 Å². The van der Waals surface area contributed by atoms with Gasteiger partial charge in [0, 0.05) is 11.1 Å². The standard InChI is InChI=1S/C21H21NO6/c1-14(23)15-7-8-18(26-2)16(11-15)13-28-21(25)12-22-17-5-3-4-6-19(17)27-10-9-20(22)24/h3-8,11H,9-10,12-13H2,1-2H3. The maximum atomic E-state index is 12.4. The van der Waals surface area contributed by atoms with Crippen LogP contribution in [-0.4, -0.2) is 37.9 Å². The van der Waals surface area contributed by atoms with E-state index in [1.165, 1.54) is 18.9 Å². The van der Waals surface area contributed by atoms with Crippen molar-refractivity contribution < 1.29 is 28.6 Å². The van der Waals surface area contributed by atoms with Crippen molar-refractivity contribution in [3.63, 3.8) is 0 Å². The van der Waals surface area contributed by atoms with Gasteiger partial charge in [-0.2, -0.15) is 0 Å². The molecule has 7 nitrogen and oxygen atoms in total. The highest BCUT2D eigenvalue weighted by Gasteiger charge is 2.25. The molecule has 0 aliphatic carbocycles. The number of amides is 1. The Bertz CT molecular complexity index is 908. The Kier molecular flexibility index (Phi) is 5.93. The molecule has 0 fully saturated rings. The zero-order valence-electron chi connectivity index (χ0n) is 15.8. The van der Waals surface area contributed by atoms with Crippen LogP contribution in [0.15, 0.2) is 42.5 Å². The number of esters is 1. The second-order valence-corrected chi connectivity index (χ2v) is 6.29. The first-order valence-corrected chi connectivity index (χ1v) is 8.85. The highest BCUT2D eigenvalue weighted by Crippen LogP contribution is 2.31. The summed E-state index contributed by atoms with van der Waals surface area (Å²) in [6.07, 6.45) is 0.177. The first kappa shape index (κ1) is 19.4. The molecule has 3 rings (SSSR count). The Morgan fingerprint density at radius 1 is 1.18 bits per heavy atom. The molecule has 0 saturated carbocycles. The van der Waals surface area contributed by atoms with Crippen LogP contribution in [-0.2, 0) is 20.9 Å². The minimum atomic E-state index is -0.569. The number of benzene rings is 2. The lowest BCUT2D eigenvalue weighted by Crippen LogP contribution is -2.36. The fraction of sp³-hybridized carbons (Fsp3) is 0.286. The highest BCUT2D eigenvalue weighted by atomic mass is 16.5. The SMILES string of the molecule is COc1ccc(C(C)=O)cc1COC(=O)CN1C(=O)CCOc2ccccc21. The van der Waals surface area contributed by atoms with E-state index in [4.69, 9.17) is 14.2 Å². The number of ketones is 1. The summed E-state index contributed by atoms with van der Waals surface area (Å²) in [5, 5.41) is 0. The number of ether oxygens (including phenoxy) is 3. The van der Waals surface area contributed by atoms with Crippen molar-refractivity contribution in [1.82, 2.24) is 0 Å². The van der Waals surface area contributed by atoms with Gasteiger partial charge in [-0.15, -0.1) is 0 Å². The van der Waals surface area contributed by atoms with Crippen LogP contribution in [0, 0.1) is 0 Å². The number of anilines is 1. The minimum Gasteiger partial charge on any atom is -0.496 e. The van der Waals surface area contributed by atoms with Gasteiger partial charge in [0.15, 0.2) is 5.78 Å². The summed E-state index contributed by atoms with van der Waals surface area (Å²) >= 11 is 0. The molecule has 146 valence electrons. The second kappa shape index (κ2) is 8.56. The second-order valence-electron chi connectivity index (χ2n) is 6.29. The number of para-hydroxylation sites is 2. The third kappa shape index (κ3) is 4.31. The van der Waals surface area contributed by atoms with Crippen molar-refractivity contribution in [1.29, 1.82) is 0 Å². The number of rotatable bonds is 6. The van der Waals surface area contributed by atoms with Gasteiger partial charge < -0.3 is 14.2 Å². The molecule has 0 spiro atoms. The average Bonchev–Trinajstić information content (AvgIpc) is 2.85. The number of carbonyl (C=O) groups excluding carboxylic acids is 3. The van der Waals surface area contributed by atoms with Crippen molar-refractivity contribution in [2.45, 2.75) is 20.0 Å². The lowest BCUT2D eigenvalue weighted by Gasteiger charge is -2.21. The number of fused-ring (bicyclic) bond motifs is 1. The molecule has 0 bridgehead atoms. The third-order valence-electron chi connectivity index (χ3n) is 4.39. The predicted molar refractivity (Wildman–Crippen MR) is 102 cm³/mol. The van der Waals surface area contributed by atoms with Crippen molar-refractivity contribution in [3.05, 3.63) is 53.6 Å². The lowest BCUT2D eigenvalue weighted by atomic mass is 10.1. The molecule has 1 amide bonds. The summed E-state index contributed by atoms with van der Waals surface area (Å²) in [5.41, 5.74) is 1.62. The fourth-order valence-corrected chi connectivity index (χ4v) is 2.94. The minimum absolute atomic E-state index is 0.0662. The predicted octanol–water partition coefficient (Wildman–Crippen LogP) is 2.76. The molecule has 0 unspecified atom stereocenters. The van der Waals surface area contributed by atoms with Crippen LogP contribution in [0.5, 0.6) is 11.5 Å². The summed E-state index contributed by atoms with van der Waals surface area (Å²) in [7, 11) is 1.50. The largest absolute Gasteiger partial charge is 0.496 e. The summed E-state index contributed by atoms with van der Waals surface area (Å²) in [4.78, 5) is 37.7. The fourth-order valence-electron chi connectivity index (χ4n) is 2.94. The molecule has 0 N–H and O–H groups in total. The maximum absolute atomic E-state index is 12.4. The van der Waals surface area contributed by atoms with E-state index in [2.05, 4.69) is 0 Å². The van der Waals surface area contributed by atoms with Gasteiger partial charge in [0.25, 0.3) is 0 Å². The van der Waals surface area contributed by atoms with Gasteiger partial charge in [0.2, 0.25) is 5.91 Å². The van der Waals surface area contributed by atoms with Crippen molar-refractivity contribution in [2.24, 2.45) is 0 Å². The number of hydrogen-bond donors (Lipinski definition) is 0. The number of carbonyl (C=O) groups is 3. The Morgan fingerprint density at radius 2 is 1.96 bits per heavy atom. The van der Waals surface area contributed by atoms with Crippen molar-refractivity contribution >= 4 is 23.3 Å². The Labute approximate surface area is 162 Å². The molecule has 7 heteroatoms. The van der Waals surface area contributed by atoms with Gasteiger partial charge in [0.05, 0.1) is 25.8 Å². The van der Waals surface area contributed by atoms with Gasteiger partial charge in [-0.3, -0.25) is 19.3 Å². The molecule has 2 aromatic rings. The van der Waals surface area contributed by atoms with E-state index < -0.39 is 5.97 Å². The van der Waals surface area contributed by atoms with E-state index in [-0.39, 0.29) is 37.9 Å². The van der Waals surface area contributed by atoms with Gasteiger partial charge in [-0.25, -0.2) is 0 Å². The molecule has 28 heavy (non-hydrogen) atoms. The first-order chi connectivity index (χ1) is 13.5. The van der Waals surface area contributed by atoms with Crippen LogP contribution in [0.2, 0.25) is 0 Å². The molecule has 1 aliphatic rings.